The van der Waals surface area contributed by atoms with E-state index >= 15 is 0 Å². The Morgan fingerprint density at radius 1 is 1.07 bits per heavy atom. The van der Waals surface area contributed by atoms with Crippen LogP contribution in [0.15, 0.2) is 63.5 Å². The Kier molecular flexibility index (Phi) is 6.97. The number of aryl methyl sites for hydroxylation is 1. The fourth-order valence-corrected chi connectivity index (χ4v) is 5.49. The van der Waals surface area contributed by atoms with Crippen molar-refractivity contribution in [1.82, 2.24) is 3.96 Å². The molecular formula is C26H33NO2S. The van der Waals surface area contributed by atoms with Crippen LogP contribution >= 0.6 is 11.5 Å². The van der Waals surface area contributed by atoms with Gasteiger partial charge in [-0.1, -0.05) is 66.9 Å². The molecule has 0 atom stereocenters. The number of aromatic nitrogens is 1. The molecule has 3 rings (SSSR count). The first-order valence-corrected chi connectivity index (χ1v) is 11.7. The molecule has 4 heteroatoms. The summed E-state index contributed by atoms with van der Waals surface area (Å²) < 4.78 is 1.30. The molecule has 0 unspecified atom stereocenters. The zero-order chi connectivity index (χ0) is 21.9. The van der Waals surface area contributed by atoms with Gasteiger partial charge >= 0.3 is 0 Å². The molecule has 0 aromatic carbocycles. The zero-order valence-corrected chi connectivity index (χ0v) is 19.7. The molecule has 2 aliphatic carbocycles. The van der Waals surface area contributed by atoms with Crippen molar-refractivity contribution in [3.8, 4) is 0 Å². The van der Waals surface area contributed by atoms with Crippen LogP contribution < -0.4 is 5.56 Å². The molecule has 0 saturated heterocycles. The Hall–Kier alpha value is -2.20. The van der Waals surface area contributed by atoms with Gasteiger partial charge in [0.15, 0.2) is 0 Å². The molecule has 160 valence electrons. The molecule has 0 saturated carbocycles. The minimum absolute atomic E-state index is 0.123. The van der Waals surface area contributed by atoms with Crippen molar-refractivity contribution >= 4 is 17.4 Å². The average molecular weight is 424 g/mol. The highest BCUT2D eigenvalue weighted by molar-refractivity contribution is 7.07. The molecule has 2 aliphatic rings. The Labute approximate surface area is 184 Å². The highest BCUT2D eigenvalue weighted by Gasteiger charge is 2.26. The van der Waals surface area contributed by atoms with Crippen LogP contribution in [0.5, 0.6) is 0 Å². The molecule has 30 heavy (non-hydrogen) atoms. The topological polar surface area (TPSA) is 39.1 Å². The minimum Gasteiger partial charge on any atom is -0.268 e. The summed E-state index contributed by atoms with van der Waals surface area (Å²) >= 11 is 1.31. The molecule has 1 aromatic heterocycles. The number of nitrogens with zero attached hydrogens (tertiary/aromatic N) is 1. The van der Waals surface area contributed by atoms with Crippen molar-refractivity contribution in [3.05, 3.63) is 79.5 Å². The zero-order valence-electron chi connectivity index (χ0n) is 18.9. The molecular weight excluding hydrogens is 390 g/mol. The average Bonchev–Trinajstić information content (AvgIpc) is 3.24. The number of allylic oxidation sites excluding steroid dienone is 10. The van der Waals surface area contributed by atoms with Gasteiger partial charge in [-0.25, -0.2) is 0 Å². The van der Waals surface area contributed by atoms with Gasteiger partial charge in [0, 0.05) is 16.5 Å². The third-order valence-electron chi connectivity index (χ3n) is 6.14. The molecule has 0 radical (unpaired) electrons. The lowest BCUT2D eigenvalue weighted by Gasteiger charge is -2.32. The predicted octanol–water partition coefficient (Wildman–Crippen LogP) is 6.57. The van der Waals surface area contributed by atoms with E-state index in [9.17, 15) is 9.59 Å². The van der Waals surface area contributed by atoms with E-state index in [-0.39, 0.29) is 16.9 Å². The first-order chi connectivity index (χ1) is 14.2. The van der Waals surface area contributed by atoms with Crippen LogP contribution in [-0.4, -0.2) is 9.86 Å². The molecule has 0 amide bonds. The largest absolute Gasteiger partial charge is 0.271 e. The van der Waals surface area contributed by atoms with Crippen molar-refractivity contribution < 1.29 is 4.79 Å². The Balaban J connectivity index is 1.65. The number of hydrogen-bond acceptors (Lipinski definition) is 3. The van der Waals surface area contributed by atoms with Crippen LogP contribution in [-0.2, 0) is 12.8 Å². The van der Waals surface area contributed by atoms with E-state index in [1.54, 1.807) is 6.08 Å². The number of carbonyl (C=O) groups excluding carboxylic acids is 1. The maximum absolute atomic E-state index is 12.5. The fourth-order valence-electron chi connectivity index (χ4n) is 4.40. The molecule has 0 aliphatic heterocycles. The summed E-state index contributed by atoms with van der Waals surface area (Å²) in [5.41, 5.74) is 5.92. The van der Waals surface area contributed by atoms with Crippen LogP contribution in [0.3, 0.4) is 0 Å². The van der Waals surface area contributed by atoms with E-state index in [0.717, 1.165) is 40.8 Å². The lowest BCUT2D eigenvalue weighted by Crippen LogP contribution is -2.21. The van der Waals surface area contributed by atoms with Crippen molar-refractivity contribution in [3.63, 3.8) is 0 Å². The summed E-state index contributed by atoms with van der Waals surface area (Å²) in [6.45, 7) is 10.9. The number of rotatable bonds is 5. The first kappa shape index (κ1) is 22.5. The Bertz CT molecular complexity index is 1040. The SMILES string of the molecule is CC(C=CC1=C(C)CCCC1(C)C)=CC=CC(C)=CC(=O)n1sc2c(c1=O)CCC2. The van der Waals surface area contributed by atoms with Gasteiger partial charge in [-0.05, 0) is 75.9 Å². The summed E-state index contributed by atoms with van der Waals surface area (Å²) in [6, 6.07) is 0. The number of fused-ring (bicyclic) bond motifs is 1. The van der Waals surface area contributed by atoms with E-state index in [1.807, 2.05) is 19.1 Å². The van der Waals surface area contributed by atoms with Crippen molar-refractivity contribution in [2.45, 2.75) is 73.1 Å². The van der Waals surface area contributed by atoms with Crippen LogP contribution in [0.1, 0.15) is 75.5 Å². The van der Waals surface area contributed by atoms with E-state index in [1.165, 1.54) is 45.9 Å². The van der Waals surface area contributed by atoms with Gasteiger partial charge in [0.05, 0.1) is 0 Å². The molecule has 1 aromatic rings. The lowest BCUT2D eigenvalue weighted by atomic mass is 9.72. The second-order valence-corrected chi connectivity index (χ2v) is 10.2. The van der Waals surface area contributed by atoms with Crippen LogP contribution in [0.2, 0.25) is 0 Å². The van der Waals surface area contributed by atoms with Crippen molar-refractivity contribution in [2.75, 3.05) is 0 Å². The van der Waals surface area contributed by atoms with Crippen molar-refractivity contribution in [1.29, 1.82) is 0 Å². The maximum Gasteiger partial charge on any atom is 0.271 e. The second kappa shape index (κ2) is 9.30. The van der Waals surface area contributed by atoms with Gasteiger partial charge in [0.1, 0.15) is 0 Å². The standard InChI is InChI=1S/C26H33NO2S/c1-18(14-15-22-20(3)11-8-16-26(22,4)5)9-6-10-19(2)17-24(28)27-25(29)21-12-7-13-23(21)30-27/h6,9-10,14-15,17H,7-8,11-13,16H2,1-5H3. The quantitative estimate of drug-likeness (QED) is 0.397. The third kappa shape index (κ3) is 5.10. The van der Waals surface area contributed by atoms with Crippen LogP contribution in [0.4, 0.5) is 0 Å². The van der Waals surface area contributed by atoms with E-state index in [2.05, 4.69) is 45.9 Å². The molecule has 0 bridgehead atoms. The fraction of sp³-hybridized carbons (Fsp3) is 0.462. The van der Waals surface area contributed by atoms with Gasteiger partial charge in [0.2, 0.25) is 0 Å². The van der Waals surface area contributed by atoms with Crippen LogP contribution in [0.25, 0.3) is 0 Å². The van der Waals surface area contributed by atoms with Crippen molar-refractivity contribution in [2.24, 2.45) is 5.41 Å². The summed E-state index contributed by atoms with van der Waals surface area (Å²) in [5.74, 6) is -0.246. The number of carbonyl (C=O) groups is 1. The molecule has 3 nitrogen and oxygen atoms in total. The smallest absolute Gasteiger partial charge is 0.268 e. The lowest BCUT2D eigenvalue weighted by molar-refractivity contribution is 0.0976. The maximum atomic E-state index is 12.5. The molecule has 0 fully saturated rings. The molecule has 1 heterocycles. The van der Waals surface area contributed by atoms with E-state index in [0.29, 0.717) is 0 Å². The molecule has 0 spiro atoms. The number of hydrogen-bond donors (Lipinski definition) is 0. The van der Waals surface area contributed by atoms with Gasteiger partial charge < -0.3 is 0 Å². The first-order valence-electron chi connectivity index (χ1n) is 10.9. The Morgan fingerprint density at radius 2 is 1.83 bits per heavy atom. The third-order valence-corrected chi connectivity index (χ3v) is 7.34. The monoisotopic (exact) mass is 423 g/mol. The van der Waals surface area contributed by atoms with Gasteiger partial charge in [-0.2, -0.15) is 3.96 Å². The van der Waals surface area contributed by atoms with Gasteiger partial charge in [-0.3, -0.25) is 9.59 Å². The summed E-state index contributed by atoms with van der Waals surface area (Å²) in [4.78, 5) is 25.9. The second-order valence-electron chi connectivity index (χ2n) is 9.21. The highest BCUT2D eigenvalue weighted by atomic mass is 32.1. The van der Waals surface area contributed by atoms with Gasteiger partial charge in [0.25, 0.3) is 11.5 Å². The normalized spacial score (nSPS) is 19.9. The molecule has 0 N–H and O–H groups in total. The van der Waals surface area contributed by atoms with Gasteiger partial charge in [-0.15, -0.1) is 0 Å². The van der Waals surface area contributed by atoms with Crippen LogP contribution in [0, 0.1) is 5.41 Å². The Morgan fingerprint density at radius 3 is 2.53 bits per heavy atom. The predicted molar refractivity (Wildman–Crippen MR) is 127 cm³/mol. The van der Waals surface area contributed by atoms with E-state index in [4.69, 9.17) is 0 Å². The summed E-state index contributed by atoms with van der Waals surface area (Å²) in [6.07, 6.45) is 18.4. The van der Waals surface area contributed by atoms with E-state index < -0.39 is 0 Å². The minimum atomic E-state index is -0.246. The summed E-state index contributed by atoms with van der Waals surface area (Å²) in [5, 5.41) is 0. The summed E-state index contributed by atoms with van der Waals surface area (Å²) in [7, 11) is 0. The highest BCUT2D eigenvalue weighted by Crippen LogP contribution is 2.40.